The maximum absolute atomic E-state index is 4.80. The third kappa shape index (κ3) is 3.21. The molecule has 1 aromatic rings. The van der Waals surface area contributed by atoms with Crippen molar-refractivity contribution in [3.63, 3.8) is 0 Å². The van der Waals surface area contributed by atoms with Gasteiger partial charge in [0.1, 0.15) is 11.6 Å². The first-order valence-corrected chi connectivity index (χ1v) is 7.27. The maximum Gasteiger partial charge on any atom is 0.134 e. The van der Waals surface area contributed by atoms with E-state index < -0.39 is 0 Å². The molecule has 100 valence electrons. The second-order valence-corrected chi connectivity index (χ2v) is 5.63. The van der Waals surface area contributed by atoms with Crippen LogP contribution in [0.2, 0.25) is 0 Å². The van der Waals surface area contributed by atoms with Crippen molar-refractivity contribution in [2.24, 2.45) is 0 Å². The van der Waals surface area contributed by atoms with Crippen LogP contribution >= 0.6 is 0 Å². The minimum atomic E-state index is 0.463. The Morgan fingerprint density at radius 1 is 1.11 bits per heavy atom. The molecule has 1 heterocycles. The molecule has 0 atom stereocenters. The Bertz CT molecular complexity index is 379. The van der Waals surface area contributed by atoms with Crippen molar-refractivity contribution in [3.8, 4) is 0 Å². The number of aromatic nitrogens is 2. The standard InChI is InChI=1S/C15H25N3/c1-11(2)13-10-14(16-3)18-15(17-13)12-8-6-4-5-7-9-12/h10-12H,4-9H2,1-3H3,(H,16,17,18). The van der Waals surface area contributed by atoms with Crippen LogP contribution in [0.1, 0.15) is 75.7 Å². The molecule has 2 rings (SSSR count). The van der Waals surface area contributed by atoms with E-state index in [1.807, 2.05) is 7.05 Å². The van der Waals surface area contributed by atoms with Gasteiger partial charge in [-0.1, -0.05) is 39.5 Å². The molecule has 0 aliphatic heterocycles. The topological polar surface area (TPSA) is 37.8 Å². The highest BCUT2D eigenvalue weighted by molar-refractivity contribution is 5.36. The minimum absolute atomic E-state index is 0.463. The van der Waals surface area contributed by atoms with Crippen molar-refractivity contribution in [1.82, 2.24) is 9.97 Å². The molecule has 0 aromatic carbocycles. The normalized spacial score (nSPS) is 17.8. The Hall–Kier alpha value is -1.12. The summed E-state index contributed by atoms with van der Waals surface area (Å²) in [5.74, 6) is 3.06. The van der Waals surface area contributed by atoms with Gasteiger partial charge in [0.05, 0.1) is 0 Å². The first-order valence-electron chi connectivity index (χ1n) is 7.27. The highest BCUT2D eigenvalue weighted by atomic mass is 15.0. The number of hydrogen-bond donors (Lipinski definition) is 1. The molecule has 18 heavy (non-hydrogen) atoms. The van der Waals surface area contributed by atoms with Crippen LogP contribution in [-0.2, 0) is 0 Å². The van der Waals surface area contributed by atoms with Gasteiger partial charge in [-0.15, -0.1) is 0 Å². The van der Waals surface area contributed by atoms with Gasteiger partial charge in [0.15, 0.2) is 0 Å². The van der Waals surface area contributed by atoms with Gasteiger partial charge in [0, 0.05) is 24.7 Å². The summed E-state index contributed by atoms with van der Waals surface area (Å²) in [5.41, 5.74) is 1.16. The van der Waals surface area contributed by atoms with Crippen LogP contribution in [0.15, 0.2) is 6.07 Å². The molecule has 0 spiro atoms. The lowest BCUT2D eigenvalue weighted by Gasteiger charge is -2.16. The summed E-state index contributed by atoms with van der Waals surface area (Å²) < 4.78 is 0. The van der Waals surface area contributed by atoms with E-state index in [0.29, 0.717) is 11.8 Å². The summed E-state index contributed by atoms with van der Waals surface area (Å²) in [7, 11) is 1.93. The molecule has 0 radical (unpaired) electrons. The van der Waals surface area contributed by atoms with Crippen LogP contribution in [0.4, 0.5) is 5.82 Å². The molecule has 3 heteroatoms. The molecule has 1 saturated carbocycles. The molecule has 1 aliphatic rings. The first-order chi connectivity index (χ1) is 8.70. The van der Waals surface area contributed by atoms with Gasteiger partial charge in [-0.25, -0.2) is 9.97 Å². The summed E-state index contributed by atoms with van der Waals surface area (Å²) in [6.07, 6.45) is 7.91. The van der Waals surface area contributed by atoms with E-state index in [2.05, 4.69) is 30.2 Å². The van der Waals surface area contributed by atoms with Gasteiger partial charge in [-0.3, -0.25) is 0 Å². The van der Waals surface area contributed by atoms with Gasteiger partial charge < -0.3 is 5.32 Å². The molecular formula is C15H25N3. The fourth-order valence-electron chi connectivity index (χ4n) is 2.63. The zero-order valence-corrected chi connectivity index (χ0v) is 11.9. The Kier molecular flexibility index (Phi) is 4.56. The molecule has 0 bridgehead atoms. The first kappa shape index (κ1) is 13.3. The lowest BCUT2D eigenvalue weighted by Crippen LogP contribution is -2.09. The van der Waals surface area contributed by atoms with E-state index in [1.165, 1.54) is 38.5 Å². The molecule has 1 fully saturated rings. The largest absolute Gasteiger partial charge is 0.373 e. The van der Waals surface area contributed by atoms with Crippen LogP contribution in [0.5, 0.6) is 0 Å². The summed E-state index contributed by atoms with van der Waals surface area (Å²) in [4.78, 5) is 9.47. The summed E-state index contributed by atoms with van der Waals surface area (Å²) in [6.45, 7) is 4.39. The van der Waals surface area contributed by atoms with Crippen LogP contribution in [0, 0.1) is 0 Å². The van der Waals surface area contributed by atoms with Crippen LogP contribution in [0.3, 0.4) is 0 Å². The Morgan fingerprint density at radius 3 is 2.33 bits per heavy atom. The van der Waals surface area contributed by atoms with Gasteiger partial charge in [-0.05, 0) is 18.8 Å². The van der Waals surface area contributed by atoms with Crippen molar-refractivity contribution in [1.29, 1.82) is 0 Å². The fraction of sp³-hybridized carbons (Fsp3) is 0.733. The van der Waals surface area contributed by atoms with Gasteiger partial charge in [0.2, 0.25) is 0 Å². The Morgan fingerprint density at radius 2 is 1.78 bits per heavy atom. The molecule has 0 amide bonds. The third-order valence-corrected chi connectivity index (χ3v) is 3.83. The summed E-state index contributed by atoms with van der Waals surface area (Å²) in [6, 6.07) is 2.07. The van der Waals surface area contributed by atoms with E-state index in [0.717, 1.165) is 17.3 Å². The van der Waals surface area contributed by atoms with Crippen molar-refractivity contribution in [2.75, 3.05) is 12.4 Å². The second kappa shape index (κ2) is 6.17. The molecule has 0 saturated heterocycles. The smallest absolute Gasteiger partial charge is 0.134 e. The van der Waals surface area contributed by atoms with Crippen LogP contribution < -0.4 is 5.32 Å². The Balaban J connectivity index is 2.27. The number of rotatable bonds is 3. The molecular weight excluding hydrogens is 222 g/mol. The predicted octanol–water partition coefficient (Wildman–Crippen LogP) is 4.08. The van der Waals surface area contributed by atoms with Crippen molar-refractivity contribution in [3.05, 3.63) is 17.6 Å². The second-order valence-electron chi connectivity index (χ2n) is 5.63. The highest BCUT2D eigenvalue weighted by Gasteiger charge is 2.18. The third-order valence-electron chi connectivity index (χ3n) is 3.83. The van der Waals surface area contributed by atoms with Crippen LogP contribution in [-0.4, -0.2) is 17.0 Å². The van der Waals surface area contributed by atoms with Crippen molar-refractivity contribution < 1.29 is 0 Å². The highest BCUT2D eigenvalue weighted by Crippen LogP contribution is 2.31. The maximum atomic E-state index is 4.80. The van der Waals surface area contributed by atoms with E-state index in [9.17, 15) is 0 Å². The predicted molar refractivity (Wildman–Crippen MR) is 76.1 cm³/mol. The zero-order valence-electron chi connectivity index (χ0n) is 11.9. The monoisotopic (exact) mass is 247 g/mol. The molecule has 0 unspecified atom stereocenters. The van der Waals surface area contributed by atoms with Crippen molar-refractivity contribution in [2.45, 2.75) is 64.2 Å². The quantitative estimate of drug-likeness (QED) is 0.818. The number of nitrogens with one attached hydrogen (secondary N) is 1. The lowest BCUT2D eigenvalue weighted by molar-refractivity contribution is 0.556. The molecule has 1 aliphatic carbocycles. The van der Waals surface area contributed by atoms with Gasteiger partial charge in [-0.2, -0.15) is 0 Å². The number of hydrogen-bond acceptors (Lipinski definition) is 3. The summed E-state index contributed by atoms with van der Waals surface area (Å²) >= 11 is 0. The summed E-state index contributed by atoms with van der Waals surface area (Å²) in [5, 5.41) is 3.17. The van der Waals surface area contributed by atoms with E-state index >= 15 is 0 Å². The Labute approximate surface area is 110 Å². The van der Waals surface area contributed by atoms with Crippen molar-refractivity contribution >= 4 is 5.82 Å². The molecule has 1 N–H and O–H groups in total. The fourth-order valence-corrected chi connectivity index (χ4v) is 2.63. The van der Waals surface area contributed by atoms with E-state index in [-0.39, 0.29) is 0 Å². The average Bonchev–Trinajstić information content (AvgIpc) is 2.67. The van der Waals surface area contributed by atoms with Gasteiger partial charge >= 0.3 is 0 Å². The SMILES string of the molecule is CNc1cc(C(C)C)nc(C2CCCCCC2)n1. The average molecular weight is 247 g/mol. The molecule has 1 aromatic heterocycles. The van der Waals surface area contributed by atoms with Crippen LogP contribution in [0.25, 0.3) is 0 Å². The lowest BCUT2D eigenvalue weighted by atomic mass is 9.99. The van der Waals surface area contributed by atoms with E-state index in [4.69, 9.17) is 4.98 Å². The minimum Gasteiger partial charge on any atom is -0.373 e. The zero-order chi connectivity index (χ0) is 13.0. The molecule has 3 nitrogen and oxygen atoms in total. The number of anilines is 1. The van der Waals surface area contributed by atoms with E-state index in [1.54, 1.807) is 0 Å². The van der Waals surface area contributed by atoms with Gasteiger partial charge in [0.25, 0.3) is 0 Å². The number of nitrogens with zero attached hydrogens (tertiary/aromatic N) is 2.